The molecule has 1 unspecified atom stereocenters. The van der Waals surface area contributed by atoms with Crippen molar-refractivity contribution in [2.45, 2.75) is 13.0 Å². The van der Waals surface area contributed by atoms with E-state index < -0.39 is 11.9 Å². The highest BCUT2D eigenvalue weighted by molar-refractivity contribution is 6.30. The fraction of sp³-hybridized carbons (Fsp3) is 0.250. The summed E-state index contributed by atoms with van der Waals surface area (Å²) in [6.45, 7) is 1.86. The normalized spacial score (nSPS) is 12.8. The average Bonchev–Trinajstić information content (AvgIpc) is 2.58. The quantitative estimate of drug-likeness (QED) is 0.895. The second-order valence-corrected chi connectivity index (χ2v) is 4.34. The third-order valence-electron chi connectivity index (χ3n) is 2.67. The molecule has 0 aliphatic rings. The summed E-state index contributed by atoms with van der Waals surface area (Å²) in [4.78, 5) is 0. The molecule has 0 saturated heterocycles. The van der Waals surface area contributed by atoms with Crippen LogP contribution < -0.4 is 0 Å². The van der Waals surface area contributed by atoms with Crippen LogP contribution in [0.1, 0.15) is 23.1 Å². The first-order valence-electron chi connectivity index (χ1n) is 5.12. The molecular weight excluding hydrogens is 243 g/mol. The minimum absolute atomic E-state index is 0.174. The number of aryl methyl sites for hydroxylation is 2. The van der Waals surface area contributed by atoms with Crippen molar-refractivity contribution in [3.63, 3.8) is 0 Å². The summed E-state index contributed by atoms with van der Waals surface area (Å²) in [6, 6.07) is 5.90. The van der Waals surface area contributed by atoms with E-state index in [1.54, 1.807) is 23.9 Å². The monoisotopic (exact) mass is 254 g/mol. The van der Waals surface area contributed by atoms with Gasteiger partial charge in [-0.05, 0) is 25.1 Å². The van der Waals surface area contributed by atoms with E-state index in [9.17, 15) is 9.50 Å². The Morgan fingerprint density at radius 1 is 1.41 bits per heavy atom. The Balaban J connectivity index is 2.39. The third kappa shape index (κ3) is 2.33. The van der Waals surface area contributed by atoms with E-state index in [0.29, 0.717) is 10.7 Å². The van der Waals surface area contributed by atoms with Crippen LogP contribution in [0.15, 0.2) is 24.3 Å². The van der Waals surface area contributed by atoms with Gasteiger partial charge in [-0.3, -0.25) is 4.68 Å². The van der Waals surface area contributed by atoms with E-state index in [1.165, 1.54) is 12.1 Å². The molecule has 1 N–H and O–H groups in total. The number of aliphatic hydroxyl groups is 1. The molecule has 3 nitrogen and oxygen atoms in total. The van der Waals surface area contributed by atoms with Gasteiger partial charge in [0.1, 0.15) is 11.9 Å². The van der Waals surface area contributed by atoms with Crippen LogP contribution in [-0.4, -0.2) is 14.9 Å². The van der Waals surface area contributed by atoms with Crippen molar-refractivity contribution in [3.05, 3.63) is 52.1 Å². The SMILES string of the molecule is Cc1cc(C(O)c2ccc(Cl)cc2F)nn1C. The van der Waals surface area contributed by atoms with Crippen molar-refractivity contribution >= 4 is 11.6 Å². The van der Waals surface area contributed by atoms with Crippen LogP contribution in [0.4, 0.5) is 4.39 Å². The van der Waals surface area contributed by atoms with Gasteiger partial charge >= 0.3 is 0 Å². The molecule has 2 aromatic rings. The van der Waals surface area contributed by atoms with E-state index in [0.717, 1.165) is 5.69 Å². The molecule has 0 saturated carbocycles. The van der Waals surface area contributed by atoms with Crippen LogP contribution in [0.5, 0.6) is 0 Å². The zero-order chi connectivity index (χ0) is 12.6. The van der Waals surface area contributed by atoms with E-state index >= 15 is 0 Å². The van der Waals surface area contributed by atoms with Crippen LogP contribution in [-0.2, 0) is 7.05 Å². The highest BCUT2D eigenvalue weighted by Crippen LogP contribution is 2.25. The zero-order valence-electron chi connectivity index (χ0n) is 9.48. The summed E-state index contributed by atoms with van der Waals surface area (Å²) in [5.74, 6) is -0.534. The lowest BCUT2D eigenvalue weighted by Crippen LogP contribution is -2.04. The largest absolute Gasteiger partial charge is 0.382 e. The summed E-state index contributed by atoms with van der Waals surface area (Å²) >= 11 is 5.66. The molecule has 0 fully saturated rings. The van der Waals surface area contributed by atoms with Gasteiger partial charge in [-0.2, -0.15) is 5.10 Å². The maximum Gasteiger partial charge on any atom is 0.130 e. The Morgan fingerprint density at radius 2 is 2.12 bits per heavy atom. The molecule has 0 bridgehead atoms. The first-order chi connectivity index (χ1) is 7.99. The second-order valence-electron chi connectivity index (χ2n) is 3.90. The van der Waals surface area contributed by atoms with Gasteiger partial charge in [0.15, 0.2) is 0 Å². The first-order valence-corrected chi connectivity index (χ1v) is 5.50. The van der Waals surface area contributed by atoms with E-state index in [2.05, 4.69) is 5.10 Å². The Bertz CT molecular complexity index is 534. The van der Waals surface area contributed by atoms with Crippen LogP contribution in [0.2, 0.25) is 5.02 Å². The lowest BCUT2D eigenvalue weighted by molar-refractivity contribution is 0.209. The van der Waals surface area contributed by atoms with Crippen molar-refractivity contribution in [3.8, 4) is 0 Å². The molecular formula is C12H12ClFN2O. The predicted octanol–water partition coefficient (Wildman–Crippen LogP) is 2.60. The first kappa shape index (κ1) is 12.1. The Labute approximate surface area is 103 Å². The number of benzene rings is 1. The maximum atomic E-state index is 13.6. The van der Waals surface area contributed by atoms with Crippen LogP contribution in [0, 0.1) is 12.7 Å². The second kappa shape index (κ2) is 4.47. The van der Waals surface area contributed by atoms with E-state index in [-0.39, 0.29) is 5.56 Å². The summed E-state index contributed by atoms with van der Waals surface area (Å²) < 4.78 is 15.2. The Kier molecular flexibility index (Phi) is 3.17. The molecule has 2 rings (SSSR count). The lowest BCUT2D eigenvalue weighted by Gasteiger charge is -2.09. The van der Waals surface area contributed by atoms with Crippen molar-refractivity contribution < 1.29 is 9.50 Å². The summed E-state index contributed by atoms with van der Waals surface area (Å²) in [5, 5.41) is 14.5. The minimum Gasteiger partial charge on any atom is -0.382 e. The Morgan fingerprint density at radius 3 is 2.65 bits per heavy atom. The van der Waals surface area contributed by atoms with Gasteiger partial charge in [0.2, 0.25) is 0 Å². The van der Waals surface area contributed by atoms with Crippen molar-refractivity contribution in [1.82, 2.24) is 9.78 Å². The molecule has 1 aromatic heterocycles. The fourth-order valence-corrected chi connectivity index (χ4v) is 1.76. The summed E-state index contributed by atoms with van der Waals surface area (Å²) in [6.07, 6.45) is -1.08. The summed E-state index contributed by atoms with van der Waals surface area (Å²) in [5.41, 5.74) is 1.49. The standard InChI is InChI=1S/C12H12ClFN2O/c1-7-5-11(15-16(7)2)12(17)9-4-3-8(13)6-10(9)14/h3-6,12,17H,1-2H3. The number of halogens is 2. The molecule has 0 aliphatic carbocycles. The highest BCUT2D eigenvalue weighted by atomic mass is 35.5. The number of aliphatic hydroxyl groups excluding tert-OH is 1. The van der Waals surface area contributed by atoms with Crippen molar-refractivity contribution in [1.29, 1.82) is 0 Å². The van der Waals surface area contributed by atoms with Gasteiger partial charge in [-0.15, -0.1) is 0 Å². The number of hydrogen-bond acceptors (Lipinski definition) is 2. The molecule has 1 aromatic carbocycles. The predicted molar refractivity (Wildman–Crippen MR) is 63.4 cm³/mol. The molecule has 90 valence electrons. The van der Waals surface area contributed by atoms with Gasteiger partial charge in [0.25, 0.3) is 0 Å². The van der Waals surface area contributed by atoms with Crippen molar-refractivity contribution in [2.24, 2.45) is 7.05 Å². The average molecular weight is 255 g/mol. The lowest BCUT2D eigenvalue weighted by atomic mass is 10.1. The van der Waals surface area contributed by atoms with Crippen LogP contribution in [0.3, 0.4) is 0 Å². The fourth-order valence-electron chi connectivity index (χ4n) is 1.60. The summed E-state index contributed by atoms with van der Waals surface area (Å²) in [7, 11) is 1.77. The van der Waals surface area contributed by atoms with Gasteiger partial charge in [-0.25, -0.2) is 4.39 Å². The Hall–Kier alpha value is -1.39. The van der Waals surface area contributed by atoms with Crippen LogP contribution in [0.25, 0.3) is 0 Å². The van der Waals surface area contributed by atoms with Crippen LogP contribution >= 0.6 is 11.6 Å². The maximum absolute atomic E-state index is 13.6. The molecule has 0 spiro atoms. The third-order valence-corrected chi connectivity index (χ3v) is 2.91. The van der Waals surface area contributed by atoms with Gasteiger partial charge in [-0.1, -0.05) is 17.7 Å². The molecule has 1 atom stereocenters. The molecule has 17 heavy (non-hydrogen) atoms. The van der Waals surface area contributed by atoms with E-state index in [1.807, 2.05) is 6.92 Å². The van der Waals surface area contributed by atoms with E-state index in [4.69, 9.17) is 11.6 Å². The smallest absolute Gasteiger partial charge is 0.130 e. The zero-order valence-corrected chi connectivity index (χ0v) is 10.2. The van der Waals surface area contributed by atoms with Gasteiger partial charge < -0.3 is 5.11 Å². The topological polar surface area (TPSA) is 38.1 Å². The number of aromatic nitrogens is 2. The minimum atomic E-state index is -1.08. The van der Waals surface area contributed by atoms with Crippen molar-refractivity contribution in [2.75, 3.05) is 0 Å². The molecule has 5 heteroatoms. The molecule has 0 aliphatic heterocycles. The highest BCUT2D eigenvalue weighted by Gasteiger charge is 2.18. The number of nitrogens with zero attached hydrogens (tertiary/aromatic N) is 2. The number of hydrogen-bond donors (Lipinski definition) is 1. The number of rotatable bonds is 2. The molecule has 0 radical (unpaired) electrons. The molecule has 1 heterocycles. The van der Waals surface area contributed by atoms with Gasteiger partial charge in [0.05, 0.1) is 5.69 Å². The van der Waals surface area contributed by atoms with Gasteiger partial charge in [0, 0.05) is 23.3 Å². The molecule has 0 amide bonds.